The Kier molecular flexibility index (Phi) is 4.86. The maximum absolute atomic E-state index is 13.1. The number of carbonyl (C=O) groups is 1. The van der Waals surface area contributed by atoms with Gasteiger partial charge in [-0.3, -0.25) is 4.79 Å². The van der Waals surface area contributed by atoms with Crippen molar-refractivity contribution in [1.82, 2.24) is 9.61 Å². The Morgan fingerprint density at radius 1 is 1.10 bits per heavy atom. The van der Waals surface area contributed by atoms with E-state index in [1.807, 2.05) is 55.7 Å². The molecule has 6 heteroatoms. The molecule has 4 aromatic rings. The van der Waals surface area contributed by atoms with Crippen molar-refractivity contribution in [2.75, 3.05) is 11.9 Å². The first-order valence-corrected chi connectivity index (χ1v) is 9.31. The van der Waals surface area contributed by atoms with Crippen molar-refractivity contribution in [3.05, 3.63) is 90.0 Å². The Morgan fingerprint density at radius 3 is 2.45 bits per heavy atom. The number of nitrogens with zero attached hydrogens (tertiary/aromatic N) is 3. The molecular formula is C23H21FN4O. The molecule has 5 nitrogen and oxygen atoms in total. The lowest BCUT2D eigenvalue weighted by Crippen LogP contribution is -2.26. The lowest BCUT2D eigenvalue weighted by Gasteiger charge is -2.18. The van der Waals surface area contributed by atoms with Gasteiger partial charge in [-0.25, -0.2) is 8.91 Å². The van der Waals surface area contributed by atoms with Gasteiger partial charge in [0.1, 0.15) is 5.82 Å². The minimum absolute atomic E-state index is 0.0225. The lowest BCUT2D eigenvalue weighted by molar-refractivity contribution is 0.0993. The fraction of sp³-hybridized carbons (Fsp3) is 0.130. The van der Waals surface area contributed by atoms with Gasteiger partial charge in [-0.15, -0.1) is 0 Å². The molecule has 4 rings (SSSR count). The largest absolute Gasteiger partial charge is 0.324 e. The van der Waals surface area contributed by atoms with E-state index in [2.05, 4.69) is 5.10 Å². The number of nitrogens with two attached hydrogens (primary N) is 1. The van der Waals surface area contributed by atoms with Crippen molar-refractivity contribution in [2.45, 2.75) is 13.0 Å². The van der Waals surface area contributed by atoms with Crippen LogP contribution in [0.5, 0.6) is 0 Å². The van der Waals surface area contributed by atoms with E-state index in [0.29, 0.717) is 5.56 Å². The number of aromatic nitrogens is 2. The van der Waals surface area contributed by atoms with Crippen molar-refractivity contribution >= 4 is 17.1 Å². The standard InChI is InChI=1S/C23H21FN4O/c1-15(25)16-3-5-17(6-4-16)21-14-26-28-12-11-20(13-22(21)28)27(2)23(29)18-7-9-19(24)10-8-18/h3-15H,25H2,1-2H3. The van der Waals surface area contributed by atoms with Gasteiger partial charge in [0.15, 0.2) is 0 Å². The van der Waals surface area contributed by atoms with Gasteiger partial charge >= 0.3 is 0 Å². The van der Waals surface area contributed by atoms with Crippen LogP contribution >= 0.6 is 0 Å². The van der Waals surface area contributed by atoms with Crippen molar-refractivity contribution < 1.29 is 9.18 Å². The van der Waals surface area contributed by atoms with Gasteiger partial charge in [-0.1, -0.05) is 24.3 Å². The first kappa shape index (κ1) is 18.8. The van der Waals surface area contributed by atoms with Gasteiger partial charge < -0.3 is 10.6 Å². The molecular weight excluding hydrogens is 367 g/mol. The van der Waals surface area contributed by atoms with E-state index in [-0.39, 0.29) is 17.8 Å². The normalized spacial score (nSPS) is 12.1. The highest BCUT2D eigenvalue weighted by molar-refractivity contribution is 6.06. The van der Waals surface area contributed by atoms with Gasteiger partial charge in [0.2, 0.25) is 0 Å². The fourth-order valence-corrected chi connectivity index (χ4v) is 3.27. The van der Waals surface area contributed by atoms with E-state index in [1.54, 1.807) is 16.5 Å². The summed E-state index contributed by atoms with van der Waals surface area (Å²) >= 11 is 0. The van der Waals surface area contributed by atoms with E-state index >= 15 is 0 Å². The zero-order chi connectivity index (χ0) is 20.5. The predicted molar refractivity (Wildman–Crippen MR) is 112 cm³/mol. The number of anilines is 1. The van der Waals surface area contributed by atoms with E-state index in [1.165, 1.54) is 24.3 Å². The second kappa shape index (κ2) is 7.48. The summed E-state index contributed by atoms with van der Waals surface area (Å²) < 4.78 is 14.9. The van der Waals surface area contributed by atoms with Crippen LogP contribution in [0, 0.1) is 5.82 Å². The average Bonchev–Trinajstić information content (AvgIpc) is 3.16. The van der Waals surface area contributed by atoms with Gasteiger partial charge in [0.25, 0.3) is 5.91 Å². The van der Waals surface area contributed by atoms with E-state index in [4.69, 9.17) is 5.73 Å². The number of fused-ring (bicyclic) bond motifs is 1. The monoisotopic (exact) mass is 388 g/mol. The smallest absolute Gasteiger partial charge is 0.258 e. The molecule has 0 spiro atoms. The molecule has 0 bridgehead atoms. The molecule has 2 aromatic heterocycles. The average molecular weight is 388 g/mol. The molecule has 0 aliphatic heterocycles. The third-order valence-electron chi connectivity index (χ3n) is 5.04. The number of pyridine rings is 1. The summed E-state index contributed by atoms with van der Waals surface area (Å²) in [5.74, 6) is -0.582. The molecule has 2 heterocycles. The zero-order valence-corrected chi connectivity index (χ0v) is 16.2. The SMILES string of the molecule is CC(N)c1ccc(-c2cnn3ccc(N(C)C(=O)c4ccc(F)cc4)cc23)cc1. The third-order valence-corrected chi connectivity index (χ3v) is 5.04. The second-order valence-electron chi connectivity index (χ2n) is 7.05. The Hall–Kier alpha value is -3.51. The zero-order valence-electron chi connectivity index (χ0n) is 16.2. The van der Waals surface area contributed by atoms with Gasteiger partial charge in [-0.2, -0.15) is 5.10 Å². The number of carbonyl (C=O) groups excluding carboxylic acids is 1. The first-order chi connectivity index (χ1) is 13.9. The van der Waals surface area contributed by atoms with Gasteiger partial charge in [0, 0.05) is 36.1 Å². The van der Waals surface area contributed by atoms with Crippen LogP contribution in [0.1, 0.15) is 28.9 Å². The molecule has 0 aliphatic rings. The summed E-state index contributed by atoms with van der Waals surface area (Å²) in [4.78, 5) is 14.3. The topological polar surface area (TPSA) is 63.6 Å². The van der Waals surface area contributed by atoms with Crippen molar-refractivity contribution in [1.29, 1.82) is 0 Å². The highest BCUT2D eigenvalue weighted by Crippen LogP contribution is 2.28. The van der Waals surface area contributed by atoms with Crippen LogP contribution in [0.2, 0.25) is 0 Å². The minimum atomic E-state index is -0.371. The van der Waals surface area contributed by atoms with Gasteiger partial charge in [0.05, 0.1) is 11.7 Å². The molecule has 146 valence electrons. The van der Waals surface area contributed by atoms with Crippen molar-refractivity contribution in [2.24, 2.45) is 5.73 Å². The maximum atomic E-state index is 13.1. The molecule has 29 heavy (non-hydrogen) atoms. The van der Waals surface area contributed by atoms with E-state index in [9.17, 15) is 9.18 Å². The molecule has 0 aliphatic carbocycles. The summed E-state index contributed by atoms with van der Waals surface area (Å²) in [5, 5.41) is 4.41. The number of hydrogen-bond acceptors (Lipinski definition) is 3. The van der Waals surface area contributed by atoms with Crippen LogP contribution in [-0.4, -0.2) is 22.6 Å². The summed E-state index contributed by atoms with van der Waals surface area (Å²) in [6.45, 7) is 1.95. The van der Waals surface area contributed by atoms with Crippen molar-refractivity contribution in [3.63, 3.8) is 0 Å². The second-order valence-corrected chi connectivity index (χ2v) is 7.05. The highest BCUT2D eigenvalue weighted by Gasteiger charge is 2.16. The van der Waals surface area contributed by atoms with Crippen LogP contribution in [0.4, 0.5) is 10.1 Å². The Labute approximate surface area is 168 Å². The maximum Gasteiger partial charge on any atom is 0.258 e. The Morgan fingerprint density at radius 2 is 1.79 bits per heavy atom. The summed E-state index contributed by atoms with van der Waals surface area (Å²) in [7, 11) is 1.70. The van der Waals surface area contributed by atoms with E-state index in [0.717, 1.165) is 27.9 Å². The molecule has 0 radical (unpaired) electrons. The summed E-state index contributed by atoms with van der Waals surface area (Å²) in [5.41, 5.74) is 11.0. The number of benzene rings is 2. The summed E-state index contributed by atoms with van der Waals surface area (Å²) in [6.07, 6.45) is 3.63. The third kappa shape index (κ3) is 3.62. The fourth-order valence-electron chi connectivity index (χ4n) is 3.27. The molecule has 1 amide bonds. The number of hydrogen-bond donors (Lipinski definition) is 1. The lowest BCUT2D eigenvalue weighted by atomic mass is 10.0. The van der Waals surface area contributed by atoms with E-state index < -0.39 is 0 Å². The number of rotatable bonds is 4. The molecule has 0 saturated heterocycles. The number of halogens is 1. The quantitative estimate of drug-likeness (QED) is 0.562. The van der Waals surface area contributed by atoms with Crippen molar-refractivity contribution in [3.8, 4) is 11.1 Å². The Balaban J connectivity index is 1.69. The number of amides is 1. The molecule has 0 saturated carbocycles. The van der Waals surface area contributed by atoms with Crippen LogP contribution in [-0.2, 0) is 0 Å². The van der Waals surface area contributed by atoms with Gasteiger partial charge in [-0.05, 0) is 54.4 Å². The molecule has 2 aromatic carbocycles. The minimum Gasteiger partial charge on any atom is -0.324 e. The summed E-state index contributed by atoms with van der Waals surface area (Å²) in [6, 6.07) is 17.3. The Bertz CT molecular complexity index is 1160. The van der Waals surface area contributed by atoms with Crippen LogP contribution in [0.25, 0.3) is 16.6 Å². The molecule has 2 N–H and O–H groups in total. The molecule has 1 unspecified atom stereocenters. The predicted octanol–water partition coefficient (Wildman–Crippen LogP) is 4.44. The highest BCUT2D eigenvalue weighted by atomic mass is 19.1. The van der Waals surface area contributed by atoms with Crippen LogP contribution in [0.15, 0.2) is 73.1 Å². The van der Waals surface area contributed by atoms with Crippen LogP contribution in [0.3, 0.4) is 0 Å². The van der Waals surface area contributed by atoms with Crippen LogP contribution < -0.4 is 10.6 Å². The molecule has 1 atom stereocenters. The first-order valence-electron chi connectivity index (χ1n) is 9.31. The molecule has 0 fully saturated rings.